The Hall–Kier alpha value is -2.73. The number of non-ortho nitro benzene ring substituents is 1. The van der Waals surface area contributed by atoms with E-state index in [2.05, 4.69) is 6.92 Å². The first kappa shape index (κ1) is 17.1. The smallest absolute Gasteiger partial charge is 0.269 e. The van der Waals surface area contributed by atoms with Crippen molar-refractivity contribution in [3.05, 3.63) is 75.8 Å². The number of nitro benzene ring substituents is 1. The SMILES string of the molecule is C[C@@H](c1cccc([N+](=O)[O-])c1)[NH+]1CCN(C(=O)c2ccccc2)CC1. The van der Waals surface area contributed by atoms with Gasteiger partial charge in [-0.25, -0.2) is 0 Å². The number of amides is 1. The van der Waals surface area contributed by atoms with Crippen LogP contribution in [0.25, 0.3) is 0 Å². The summed E-state index contributed by atoms with van der Waals surface area (Å²) in [7, 11) is 0. The molecule has 3 rings (SSSR count). The van der Waals surface area contributed by atoms with E-state index in [1.54, 1.807) is 12.1 Å². The van der Waals surface area contributed by atoms with Crippen molar-refractivity contribution in [3.8, 4) is 0 Å². The number of carbonyl (C=O) groups excluding carboxylic acids is 1. The lowest BCUT2D eigenvalue weighted by Crippen LogP contribution is -3.14. The second-order valence-electron chi connectivity index (χ2n) is 6.39. The molecule has 1 N–H and O–H groups in total. The number of nitro groups is 1. The molecule has 1 aliphatic heterocycles. The molecule has 130 valence electrons. The summed E-state index contributed by atoms with van der Waals surface area (Å²) in [5.41, 5.74) is 1.81. The fourth-order valence-electron chi connectivity index (χ4n) is 3.34. The number of carbonyl (C=O) groups is 1. The fraction of sp³-hybridized carbons (Fsp3) is 0.316. The lowest BCUT2D eigenvalue weighted by atomic mass is 10.1. The minimum atomic E-state index is -0.359. The zero-order chi connectivity index (χ0) is 17.8. The normalized spacial score (nSPS) is 16.4. The molecular weight excluding hydrogens is 318 g/mol. The molecule has 6 heteroatoms. The highest BCUT2D eigenvalue weighted by Gasteiger charge is 2.28. The average molecular weight is 340 g/mol. The number of hydrogen-bond donors (Lipinski definition) is 1. The van der Waals surface area contributed by atoms with E-state index in [0.29, 0.717) is 13.1 Å². The first-order valence-corrected chi connectivity index (χ1v) is 8.49. The summed E-state index contributed by atoms with van der Waals surface area (Å²) >= 11 is 0. The minimum absolute atomic E-state index is 0.0719. The van der Waals surface area contributed by atoms with Crippen molar-refractivity contribution in [2.24, 2.45) is 0 Å². The van der Waals surface area contributed by atoms with Gasteiger partial charge < -0.3 is 9.80 Å². The van der Waals surface area contributed by atoms with Gasteiger partial charge in [0, 0.05) is 23.3 Å². The molecule has 0 aromatic heterocycles. The molecule has 0 unspecified atom stereocenters. The van der Waals surface area contributed by atoms with Crippen LogP contribution in [-0.4, -0.2) is 41.9 Å². The molecule has 0 saturated carbocycles. The second kappa shape index (κ2) is 7.44. The third-order valence-corrected chi connectivity index (χ3v) is 4.91. The lowest BCUT2D eigenvalue weighted by molar-refractivity contribution is -0.933. The van der Waals surface area contributed by atoms with Crippen LogP contribution in [0.3, 0.4) is 0 Å². The van der Waals surface area contributed by atoms with Gasteiger partial charge in [-0.05, 0) is 19.1 Å². The van der Waals surface area contributed by atoms with Gasteiger partial charge in [-0.2, -0.15) is 0 Å². The fourth-order valence-corrected chi connectivity index (χ4v) is 3.34. The van der Waals surface area contributed by atoms with E-state index in [1.165, 1.54) is 11.0 Å². The molecule has 1 amide bonds. The zero-order valence-electron chi connectivity index (χ0n) is 14.2. The molecule has 0 radical (unpaired) electrons. The summed E-state index contributed by atoms with van der Waals surface area (Å²) < 4.78 is 0. The predicted molar refractivity (Wildman–Crippen MR) is 94.6 cm³/mol. The van der Waals surface area contributed by atoms with Crippen molar-refractivity contribution < 1.29 is 14.6 Å². The number of nitrogens with zero attached hydrogens (tertiary/aromatic N) is 2. The van der Waals surface area contributed by atoms with Gasteiger partial charge in [0.25, 0.3) is 11.6 Å². The number of quaternary nitrogens is 1. The van der Waals surface area contributed by atoms with Crippen molar-refractivity contribution in [2.75, 3.05) is 26.2 Å². The van der Waals surface area contributed by atoms with E-state index in [1.807, 2.05) is 41.3 Å². The Kier molecular flexibility index (Phi) is 5.09. The van der Waals surface area contributed by atoms with Crippen molar-refractivity contribution in [2.45, 2.75) is 13.0 Å². The Bertz CT molecular complexity index is 756. The minimum Gasteiger partial charge on any atom is -0.327 e. The maximum Gasteiger partial charge on any atom is 0.269 e. The van der Waals surface area contributed by atoms with Crippen LogP contribution in [0.5, 0.6) is 0 Å². The molecule has 6 nitrogen and oxygen atoms in total. The van der Waals surface area contributed by atoms with Crippen LogP contribution in [0.2, 0.25) is 0 Å². The molecule has 0 bridgehead atoms. The predicted octanol–water partition coefficient (Wildman–Crippen LogP) is 1.70. The Morgan fingerprint density at radius 2 is 1.80 bits per heavy atom. The summed E-state index contributed by atoms with van der Waals surface area (Å²) in [6.45, 7) is 5.15. The maximum atomic E-state index is 12.5. The topological polar surface area (TPSA) is 67.9 Å². The van der Waals surface area contributed by atoms with Crippen LogP contribution < -0.4 is 4.90 Å². The molecule has 1 heterocycles. The largest absolute Gasteiger partial charge is 0.327 e. The Morgan fingerprint density at radius 3 is 2.44 bits per heavy atom. The van der Waals surface area contributed by atoms with Gasteiger partial charge in [-0.1, -0.05) is 30.3 Å². The number of nitrogens with one attached hydrogen (secondary N) is 1. The highest BCUT2D eigenvalue weighted by molar-refractivity contribution is 5.94. The van der Waals surface area contributed by atoms with Crippen molar-refractivity contribution >= 4 is 11.6 Å². The molecule has 1 atom stereocenters. The van der Waals surface area contributed by atoms with Crippen LogP contribution in [0.15, 0.2) is 54.6 Å². The quantitative estimate of drug-likeness (QED) is 0.680. The first-order valence-electron chi connectivity index (χ1n) is 8.49. The van der Waals surface area contributed by atoms with Crippen LogP contribution >= 0.6 is 0 Å². The monoisotopic (exact) mass is 340 g/mol. The van der Waals surface area contributed by atoms with E-state index in [4.69, 9.17) is 0 Å². The molecule has 2 aromatic rings. The molecule has 0 aliphatic carbocycles. The summed E-state index contributed by atoms with van der Waals surface area (Å²) in [6, 6.07) is 16.3. The van der Waals surface area contributed by atoms with Gasteiger partial charge in [0.1, 0.15) is 6.04 Å². The molecule has 1 saturated heterocycles. The van der Waals surface area contributed by atoms with E-state index >= 15 is 0 Å². The number of piperazine rings is 1. The highest BCUT2D eigenvalue weighted by atomic mass is 16.6. The van der Waals surface area contributed by atoms with Crippen molar-refractivity contribution in [1.29, 1.82) is 0 Å². The Labute approximate surface area is 146 Å². The number of rotatable bonds is 4. The molecule has 1 fully saturated rings. The van der Waals surface area contributed by atoms with Crippen LogP contribution in [0.4, 0.5) is 5.69 Å². The van der Waals surface area contributed by atoms with Gasteiger partial charge in [-0.15, -0.1) is 0 Å². The summed E-state index contributed by atoms with van der Waals surface area (Å²) in [5.74, 6) is 0.0719. The van der Waals surface area contributed by atoms with Crippen molar-refractivity contribution in [3.63, 3.8) is 0 Å². The average Bonchev–Trinajstić information content (AvgIpc) is 2.67. The molecule has 2 aromatic carbocycles. The van der Waals surface area contributed by atoms with Gasteiger partial charge >= 0.3 is 0 Å². The van der Waals surface area contributed by atoms with E-state index in [-0.39, 0.29) is 22.6 Å². The first-order chi connectivity index (χ1) is 12.1. The third kappa shape index (κ3) is 3.85. The zero-order valence-corrected chi connectivity index (χ0v) is 14.2. The van der Waals surface area contributed by atoms with Crippen molar-refractivity contribution in [1.82, 2.24) is 4.90 Å². The molecule has 25 heavy (non-hydrogen) atoms. The molecule has 0 spiro atoms. The van der Waals surface area contributed by atoms with Crippen LogP contribution in [-0.2, 0) is 0 Å². The van der Waals surface area contributed by atoms with Gasteiger partial charge in [0.15, 0.2) is 0 Å². The number of benzene rings is 2. The second-order valence-corrected chi connectivity index (χ2v) is 6.39. The molecular formula is C19H22N3O3+. The van der Waals surface area contributed by atoms with Crippen LogP contribution in [0, 0.1) is 10.1 Å². The third-order valence-electron chi connectivity index (χ3n) is 4.91. The summed E-state index contributed by atoms with van der Waals surface area (Å²) in [4.78, 5) is 26.3. The Balaban J connectivity index is 1.63. The summed E-state index contributed by atoms with van der Waals surface area (Å²) in [5, 5.41) is 11.0. The number of hydrogen-bond acceptors (Lipinski definition) is 3. The van der Waals surface area contributed by atoms with Gasteiger partial charge in [0.2, 0.25) is 0 Å². The lowest BCUT2D eigenvalue weighted by Gasteiger charge is -2.35. The van der Waals surface area contributed by atoms with Gasteiger partial charge in [0.05, 0.1) is 31.1 Å². The maximum absolute atomic E-state index is 12.5. The summed E-state index contributed by atoms with van der Waals surface area (Å²) in [6.07, 6.45) is 0. The Morgan fingerprint density at radius 1 is 1.12 bits per heavy atom. The van der Waals surface area contributed by atoms with E-state index in [0.717, 1.165) is 24.2 Å². The van der Waals surface area contributed by atoms with E-state index < -0.39 is 0 Å². The van der Waals surface area contributed by atoms with E-state index in [9.17, 15) is 14.9 Å². The van der Waals surface area contributed by atoms with Crippen LogP contribution in [0.1, 0.15) is 28.9 Å². The van der Waals surface area contributed by atoms with Gasteiger partial charge in [-0.3, -0.25) is 14.9 Å². The highest BCUT2D eigenvalue weighted by Crippen LogP contribution is 2.17. The molecule has 1 aliphatic rings. The standard InChI is InChI=1S/C19H21N3O3/c1-15(17-8-5-9-18(14-17)22(24)25)20-10-12-21(13-11-20)19(23)16-6-3-2-4-7-16/h2-9,14-15H,10-13H2,1H3/p+1/t15-/m0/s1.